The number of ether oxygens (including phenoxy) is 1. The highest BCUT2D eigenvalue weighted by molar-refractivity contribution is 7.99. The lowest BCUT2D eigenvalue weighted by atomic mass is 10.2. The molecule has 0 fully saturated rings. The van der Waals surface area contributed by atoms with Gasteiger partial charge >= 0.3 is 0 Å². The van der Waals surface area contributed by atoms with Crippen LogP contribution >= 0.6 is 34.7 Å². The Hall–Kier alpha value is -2.81. The second kappa shape index (κ2) is 9.55. The van der Waals surface area contributed by atoms with E-state index in [0.29, 0.717) is 38.4 Å². The summed E-state index contributed by atoms with van der Waals surface area (Å²) in [5, 5.41) is 5.58. The molecule has 2 aromatic heterocycles. The van der Waals surface area contributed by atoms with E-state index in [4.69, 9.17) is 16.3 Å². The molecule has 4 rings (SSSR count). The van der Waals surface area contributed by atoms with Crippen molar-refractivity contribution in [2.45, 2.75) is 11.7 Å². The number of thioether (sulfide) groups is 1. The number of aromatic nitrogens is 2. The quantitative estimate of drug-likeness (QED) is 0.306. The molecule has 1 amide bonds. The number of benzene rings is 2. The third kappa shape index (κ3) is 4.92. The highest BCUT2D eigenvalue weighted by Crippen LogP contribution is 2.24. The number of hydrogen-bond acceptors (Lipinski definition) is 6. The van der Waals surface area contributed by atoms with Gasteiger partial charge in [-0.05, 0) is 41.3 Å². The minimum Gasteiger partial charge on any atom is -0.497 e. The summed E-state index contributed by atoms with van der Waals surface area (Å²) in [6.45, 7) is 0.325. The Bertz CT molecular complexity index is 1300. The fraction of sp³-hybridized carbons (Fsp3) is 0.136. The Morgan fingerprint density at radius 2 is 2.06 bits per heavy atom. The first-order chi connectivity index (χ1) is 15.0. The van der Waals surface area contributed by atoms with Crippen LogP contribution in [0.5, 0.6) is 5.75 Å². The lowest BCUT2D eigenvalue weighted by Crippen LogP contribution is -2.24. The Labute approximate surface area is 191 Å². The molecule has 0 radical (unpaired) electrons. The zero-order chi connectivity index (χ0) is 21.8. The molecule has 158 valence electrons. The summed E-state index contributed by atoms with van der Waals surface area (Å²) in [6, 6.07) is 16.4. The molecule has 1 N–H and O–H groups in total. The first-order valence-corrected chi connectivity index (χ1v) is 11.6. The average molecular weight is 472 g/mol. The van der Waals surface area contributed by atoms with E-state index in [2.05, 4.69) is 10.3 Å². The smallest absolute Gasteiger partial charge is 0.272 e. The summed E-state index contributed by atoms with van der Waals surface area (Å²) in [5.41, 5.74) is 1.95. The molecule has 31 heavy (non-hydrogen) atoms. The van der Waals surface area contributed by atoms with Gasteiger partial charge in [-0.3, -0.25) is 14.2 Å². The number of amides is 1. The lowest BCUT2D eigenvalue weighted by molar-refractivity contribution is -0.113. The molecule has 0 unspecified atom stereocenters. The van der Waals surface area contributed by atoms with Crippen LogP contribution in [0.1, 0.15) is 5.56 Å². The minimum atomic E-state index is -0.231. The number of carbonyl (C=O) groups excluding carboxylic acids is 1. The topological polar surface area (TPSA) is 73.2 Å². The summed E-state index contributed by atoms with van der Waals surface area (Å²) in [4.78, 5) is 30.2. The van der Waals surface area contributed by atoms with Crippen LogP contribution in [0, 0.1) is 0 Å². The molecule has 0 atom stereocenters. The van der Waals surface area contributed by atoms with Gasteiger partial charge in [0.25, 0.3) is 5.56 Å². The fourth-order valence-electron chi connectivity index (χ4n) is 3.01. The molecule has 0 aliphatic rings. The standard InChI is InChI=1S/C22H18ClN3O3S2/c1-29-15-6-4-5-14(11-15)12-26-21(28)20-18(9-10-30-20)25-22(26)31-13-19(27)24-17-8-3-2-7-16(17)23/h2-11H,12-13H2,1H3,(H,24,27). The van der Waals surface area contributed by atoms with E-state index < -0.39 is 0 Å². The molecule has 0 saturated heterocycles. The number of halogens is 1. The third-order valence-electron chi connectivity index (χ3n) is 4.49. The molecule has 0 bridgehead atoms. The molecular weight excluding hydrogens is 454 g/mol. The van der Waals surface area contributed by atoms with Crippen LogP contribution in [-0.2, 0) is 11.3 Å². The number of nitrogens with zero attached hydrogens (tertiary/aromatic N) is 2. The number of anilines is 1. The van der Waals surface area contributed by atoms with Crippen LogP contribution in [0.15, 0.2) is 69.9 Å². The zero-order valence-corrected chi connectivity index (χ0v) is 18.9. The van der Waals surface area contributed by atoms with Gasteiger partial charge in [-0.1, -0.05) is 47.6 Å². The van der Waals surface area contributed by atoms with E-state index in [1.807, 2.05) is 35.7 Å². The van der Waals surface area contributed by atoms with Gasteiger partial charge in [-0.2, -0.15) is 0 Å². The van der Waals surface area contributed by atoms with Crippen molar-refractivity contribution >= 4 is 56.5 Å². The predicted molar refractivity (Wildman–Crippen MR) is 127 cm³/mol. The summed E-state index contributed by atoms with van der Waals surface area (Å²) < 4.78 is 7.47. The van der Waals surface area contributed by atoms with E-state index >= 15 is 0 Å². The third-order valence-corrected chi connectivity index (χ3v) is 6.68. The van der Waals surface area contributed by atoms with Crippen molar-refractivity contribution in [3.63, 3.8) is 0 Å². The molecule has 6 nitrogen and oxygen atoms in total. The maximum Gasteiger partial charge on any atom is 0.272 e. The van der Waals surface area contributed by atoms with Gasteiger partial charge in [-0.25, -0.2) is 4.98 Å². The van der Waals surface area contributed by atoms with Crippen molar-refractivity contribution in [3.8, 4) is 5.75 Å². The van der Waals surface area contributed by atoms with Crippen molar-refractivity contribution in [3.05, 3.63) is 80.9 Å². The maximum absolute atomic E-state index is 13.1. The highest BCUT2D eigenvalue weighted by atomic mass is 35.5. The van der Waals surface area contributed by atoms with Gasteiger partial charge in [0.2, 0.25) is 5.91 Å². The molecule has 2 aromatic carbocycles. The van der Waals surface area contributed by atoms with Gasteiger partial charge in [0.1, 0.15) is 10.4 Å². The van der Waals surface area contributed by atoms with E-state index in [9.17, 15) is 9.59 Å². The first-order valence-electron chi connectivity index (χ1n) is 9.33. The van der Waals surface area contributed by atoms with Crippen LogP contribution in [0.3, 0.4) is 0 Å². The van der Waals surface area contributed by atoms with E-state index in [-0.39, 0.29) is 17.2 Å². The predicted octanol–water partition coefficient (Wildman–Crippen LogP) is 4.90. The number of nitrogens with one attached hydrogen (secondary N) is 1. The zero-order valence-electron chi connectivity index (χ0n) is 16.5. The molecule has 2 heterocycles. The number of fused-ring (bicyclic) bond motifs is 1. The Morgan fingerprint density at radius 1 is 1.23 bits per heavy atom. The van der Waals surface area contributed by atoms with Crippen molar-refractivity contribution in [1.82, 2.24) is 9.55 Å². The second-order valence-electron chi connectivity index (χ2n) is 6.59. The van der Waals surface area contributed by atoms with Crippen LogP contribution < -0.4 is 15.6 Å². The second-order valence-corrected chi connectivity index (χ2v) is 8.85. The van der Waals surface area contributed by atoms with Crippen molar-refractivity contribution in [2.24, 2.45) is 0 Å². The van der Waals surface area contributed by atoms with Gasteiger partial charge in [0.15, 0.2) is 5.16 Å². The number of rotatable bonds is 7. The Kier molecular flexibility index (Phi) is 6.60. The summed E-state index contributed by atoms with van der Waals surface area (Å²) in [6.07, 6.45) is 0. The van der Waals surface area contributed by atoms with Crippen LogP contribution in [0.25, 0.3) is 10.2 Å². The molecule has 0 aliphatic carbocycles. The molecule has 0 spiro atoms. The summed E-state index contributed by atoms with van der Waals surface area (Å²) in [7, 11) is 1.60. The lowest BCUT2D eigenvalue weighted by Gasteiger charge is -2.13. The van der Waals surface area contributed by atoms with Crippen LogP contribution in [0.4, 0.5) is 5.69 Å². The van der Waals surface area contributed by atoms with Gasteiger partial charge < -0.3 is 10.1 Å². The molecular formula is C22H18ClN3O3S2. The normalized spacial score (nSPS) is 10.9. The maximum atomic E-state index is 13.1. The molecule has 4 aromatic rings. The number of thiophene rings is 1. The SMILES string of the molecule is COc1cccc(Cn2c(SCC(=O)Nc3ccccc3Cl)nc3ccsc3c2=O)c1. The highest BCUT2D eigenvalue weighted by Gasteiger charge is 2.15. The minimum absolute atomic E-state index is 0.0887. The number of methoxy groups -OCH3 is 1. The number of carbonyl (C=O) groups is 1. The largest absolute Gasteiger partial charge is 0.497 e. The van der Waals surface area contributed by atoms with Crippen molar-refractivity contribution < 1.29 is 9.53 Å². The van der Waals surface area contributed by atoms with Crippen LogP contribution in [0.2, 0.25) is 5.02 Å². The number of hydrogen-bond donors (Lipinski definition) is 1. The van der Waals surface area contributed by atoms with E-state index in [1.54, 1.807) is 35.9 Å². The fourth-order valence-corrected chi connectivity index (χ4v) is 4.77. The Morgan fingerprint density at radius 3 is 2.87 bits per heavy atom. The summed E-state index contributed by atoms with van der Waals surface area (Å²) in [5.74, 6) is 0.570. The summed E-state index contributed by atoms with van der Waals surface area (Å²) >= 11 is 8.68. The van der Waals surface area contributed by atoms with Crippen molar-refractivity contribution in [2.75, 3.05) is 18.2 Å². The van der Waals surface area contributed by atoms with E-state index in [1.165, 1.54) is 23.1 Å². The van der Waals surface area contributed by atoms with Gasteiger partial charge in [0, 0.05) is 0 Å². The van der Waals surface area contributed by atoms with E-state index in [0.717, 1.165) is 5.56 Å². The van der Waals surface area contributed by atoms with Crippen LogP contribution in [-0.4, -0.2) is 28.3 Å². The van der Waals surface area contributed by atoms with Gasteiger partial charge in [0.05, 0.1) is 35.6 Å². The monoisotopic (exact) mass is 471 g/mol. The Balaban J connectivity index is 1.60. The molecule has 0 saturated carbocycles. The molecule has 9 heteroatoms. The van der Waals surface area contributed by atoms with Gasteiger partial charge in [-0.15, -0.1) is 11.3 Å². The molecule has 0 aliphatic heterocycles. The van der Waals surface area contributed by atoms with Crippen molar-refractivity contribution in [1.29, 1.82) is 0 Å². The number of para-hydroxylation sites is 1. The average Bonchev–Trinajstić information content (AvgIpc) is 3.25. The first kappa shape index (κ1) is 21.4.